The highest BCUT2D eigenvalue weighted by Gasteiger charge is 2.27. The van der Waals surface area contributed by atoms with Gasteiger partial charge in [-0.25, -0.2) is 0 Å². The van der Waals surface area contributed by atoms with Gasteiger partial charge in [-0.2, -0.15) is 0 Å². The molecule has 0 saturated carbocycles. The normalized spacial score (nSPS) is 29.4. The Morgan fingerprint density at radius 2 is 2.31 bits per heavy atom. The zero-order valence-corrected chi connectivity index (χ0v) is 9.52. The van der Waals surface area contributed by atoms with E-state index < -0.39 is 0 Å². The summed E-state index contributed by atoms with van der Waals surface area (Å²) in [5, 5.41) is 3.62. The van der Waals surface area contributed by atoms with Crippen molar-refractivity contribution in [3.8, 4) is 0 Å². The van der Waals surface area contributed by atoms with Crippen molar-refractivity contribution in [2.45, 2.75) is 31.7 Å². The molecule has 1 fully saturated rings. The lowest BCUT2D eigenvalue weighted by atomic mass is 9.79. The molecule has 0 spiro atoms. The zero-order valence-electron chi connectivity index (χ0n) is 9.52. The van der Waals surface area contributed by atoms with Crippen LogP contribution in [0.2, 0.25) is 0 Å². The monoisotopic (exact) mass is 214 g/mol. The number of nitrogens with zero attached hydrogens (tertiary/aromatic N) is 1. The first-order valence-electron chi connectivity index (χ1n) is 6.28. The quantitative estimate of drug-likeness (QED) is 0.777. The van der Waals surface area contributed by atoms with Crippen LogP contribution in [0.1, 0.15) is 31.2 Å². The van der Waals surface area contributed by atoms with E-state index in [-0.39, 0.29) is 0 Å². The first-order chi connectivity index (χ1) is 7.93. The van der Waals surface area contributed by atoms with Crippen molar-refractivity contribution in [1.82, 2.24) is 10.3 Å². The van der Waals surface area contributed by atoms with Crippen LogP contribution in [0.25, 0.3) is 5.57 Å². The van der Waals surface area contributed by atoms with Gasteiger partial charge in [0.1, 0.15) is 0 Å². The van der Waals surface area contributed by atoms with Crippen LogP contribution in [0.5, 0.6) is 0 Å². The average molecular weight is 214 g/mol. The number of hydrogen-bond donors (Lipinski definition) is 1. The Morgan fingerprint density at radius 3 is 3.19 bits per heavy atom. The summed E-state index contributed by atoms with van der Waals surface area (Å²) in [4.78, 5) is 4.20. The number of nitrogens with one attached hydrogen (secondary N) is 1. The van der Waals surface area contributed by atoms with Crippen LogP contribution in [0.3, 0.4) is 0 Å². The highest BCUT2D eigenvalue weighted by Crippen LogP contribution is 2.33. The van der Waals surface area contributed by atoms with Gasteiger partial charge in [0, 0.05) is 18.4 Å². The summed E-state index contributed by atoms with van der Waals surface area (Å²) in [6, 6.07) is 4.80. The van der Waals surface area contributed by atoms with Crippen molar-refractivity contribution in [1.29, 1.82) is 0 Å². The summed E-state index contributed by atoms with van der Waals surface area (Å²) < 4.78 is 0. The number of rotatable bonds is 1. The fourth-order valence-corrected chi connectivity index (χ4v) is 2.93. The second kappa shape index (κ2) is 4.38. The predicted octanol–water partition coefficient (Wildman–Crippen LogP) is 2.63. The molecule has 0 unspecified atom stereocenters. The number of allylic oxidation sites excluding steroid dienone is 1. The molecule has 1 saturated heterocycles. The molecule has 1 aromatic heterocycles. The van der Waals surface area contributed by atoms with E-state index in [0.717, 1.165) is 5.92 Å². The van der Waals surface area contributed by atoms with Gasteiger partial charge in [-0.1, -0.05) is 12.1 Å². The van der Waals surface area contributed by atoms with Crippen molar-refractivity contribution >= 4 is 5.57 Å². The molecule has 0 aromatic carbocycles. The van der Waals surface area contributed by atoms with E-state index in [2.05, 4.69) is 22.4 Å². The topological polar surface area (TPSA) is 24.9 Å². The third-order valence-corrected chi connectivity index (χ3v) is 3.84. The van der Waals surface area contributed by atoms with Gasteiger partial charge in [0.2, 0.25) is 0 Å². The Labute approximate surface area is 96.8 Å². The molecule has 0 amide bonds. The predicted molar refractivity (Wildman–Crippen MR) is 66.0 cm³/mol. The fraction of sp³-hybridized carbons (Fsp3) is 0.500. The highest BCUT2D eigenvalue weighted by atomic mass is 14.9. The molecule has 2 aliphatic rings. The Morgan fingerprint density at radius 1 is 1.31 bits per heavy atom. The molecule has 2 heteroatoms. The molecule has 1 aromatic rings. The van der Waals surface area contributed by atoms with Crippen LogP contribution < -0.4 is 5.32 Å². The minimum atomic E-state index is 0.609. The van der Waals surface area contributed by atoms with Gasteiger partial charge >= 0.3 is 0 Å². The van der Waals surface area contributed by atoms with Crippen LogP contribution in [-0.2, 0) is 0 Å². The molecule has 2 atom stereocenters. The Bertz CT molecular complexity index is 383. The summed E-state index contributed by atoms with van der Waals surface area (Å²) in [5.41, 5.74) is 2.78. The maximum Gasteiger partial charge on any atom is 0.0342 e. The van der Waals surface area contributed by atoms with Crippen LogP contribution in [0, 0.1) is 5.92 Å². The van der Waals surface area contributed by atoms with Gasteiger partial charge in [0.05, 0.1) is 0 Å². The van der Waals surface area contributed by atoms with Crippen LogP contribution in [0.15, 0.2) is 30.6 Å². The minimum absolute atomic E-state index is 0.609. The highest BCUT2D eigenvalue weighted by molar-refractivity contribution is 5.66. The maximum absolute atomic E-state index is 4.20. The first-order valence-corrected chi connectivity index (χ1v) is 6.28. The molecule has 1 N–H and O–H groups in total. The Hall–Kier alpha value is -1.15. The number of pyridine rings is 1. The van der Waals surface area contributed by atoms with Crippen molar-refractivity contribution < 1.29 is 0 Å². The van der Waals surface area contributed by atoms with Crippen molar-refractivity contribution in [3.63, 3.8) is 0 Å². The molecule has 0 radical (unpaired) electrons. The number of hydrogen-bond acceptors (Lipinski definition) is 2. The number of piperidine rings is 1. The van der Waals surface area contributed by atoms with Gasteiger partial charge in [0.25, 0.3) is 0 Å². The van der Waals surface area contributed by atoms with E-state index in [1.807, 2.05) is 18.5 Å². The van der Waals surface area contributed by atoms with Gasteiger partial charge in [-0.05, 0) is 55.3 Å². The SMILES string of the molecule is C1=C(c2cccnc2)CC[C@@H]2CCCN[C@H]12. The molecule has 3 rings (SSSR count). The van der Waals surface area contributed by atoms with E-state index in [1.165, 1.54) is 43.4 Å². The summed E-state index contributed by atoms with van der Waals surface area (Å²) in [6.45, 7) is 1.18. The van der Waals surface area contributed by atoms with Crippen molar-refractivity contribution in [2.75, 3.05) is 6.54 Å². The second-order valence-electron chi connectivity index (χ2n) is 4.85. The first kappa shape index (κ1) is 10.0. The lowest BCUT2D eigenvalue weighted by Gasteiger charge is -2.35. The molecule has 1 aliphatic heterocycles. The third-order valence-electron chi connectivity index (χ3n) is 3.84. The van der Waals surface area contributed by atoms with E-state index in [9.17, 15) is 0 Å². The van der Waals surface area contributed by atoms with Gasteiger partial charge < -0.3 is 5.32 Å². The van der Waals surface area contributed by atoms with E-state index >= 15 is 0 Å². The molecular weight excluding hydrogens is 196 g/mol. The minimum Gasteiger partial charge on any atom is -0.310 e. The smallest absolute Gasteiger partial charge is 0.0342 e. The molecule has 16 heavy (non-hydrogen) atoms. The van der Waals surface area contributed by atoms with E-state index in [4.69, 9.17) is 0 Å². The molecule has 0 bridgehead atoms. The van der Waals surface area contributed by atoms with Crippen LogP contribution in [-0.4, -0.2) is 17.6 Å². The molecule has 1 aliphatic carbocycles. The summed E-state index contributed by atoms with van der Waals surface area (Å²) >= 11 is 0. The van der Waals surface area contributed by atoms with E-state index in [1.54, 1.807) is 0 Å². The summed E-state index contributed by atoms with van der Waals surface area (Å²) in [6.07, 6.45) is 11.5. The number of aromatic nitrogens is 1. The standard InChI is InChI=1S/C14H18N2/c1-4-13(10-15-7-1)12-6-5-11-3-2-8-16-14(11)9-12/h1,4,7,9-11,14,16H,2-3,5-6,8H2/t11-,14+/m0/s1. The van der Waals surface area contributed by atoms with Gasteiger partial charge in [0.15, 0.2) is 0 Å². The van der Waals surface area contributed by atoms with Crippen LogP contribution in [0.4, 0.5) is 0 Å². The maximum atomic E-state index is 4.20. The second-order valence-corrected chi connectivity index (χ2v) is 4.85. The molecule has 2 nitrogen and oxygen atoms in total. The van der Waals surface area contributed by atoms with Crippen molar-refractivity contribution in [2.24, 2.45) is 5.92 Å². The Balaban J connectivity index is 1.84. The van der Waals surface area contributed by atoms with E-state index in [0.29, 0.717) is 6.04 Å². The van der Waals surface area contributed by atoms with Gasteiger partial charge in [-0.3, -0.25) is 4.98 Å². The lowest BCUT2D eigenvalue weighted by Crippen LogP contribution is -2.41. The average Bonchev–Trinajstić information content (AvgIpc) is 2.39. The lowest BCUT2D eigenvalue weighted by molar-refractivity contribution is 0.298. The summed E-state index contributed by atoms with van der Waals surface area (Å²) in [5.74, 6) is 0.870. The van der Waals surface area contributed by atoms with Gasteiger partial charge in [-0.15, -0.1) is 0 Å². The van der Waals surface area contributed by atoms with Crippen molar-refractivity contribution in [3.05, 3.63) is 36.2 Å². The Kier molecular flexibility index (Phi) is 2.75. The number of fused-ring (bicyclic) bond motifs is 1. The summed E-state index contributed by atoms with van der Waals surface area (Å²) in [7, 11) is 0. The molecule has 84 valence electrons. The largest absolute Gasteiger partial charge is 0.310 e. The molecular formula is C14H18N2. The zero-order chi connectivity index (χ0) is 10.8. The third kappa shape index (κ3) is 1.90. The molecule has 2 heterocycles. The van der Waals surface area contributed by atoms with Crippen LogP contribution >= 0.6 is 0 Å². The fourth-order valence-electron chi connectivity index (χ4n) is 2.93.